The third-order valence-corrected chi connectivity index (χ3v) is 5.57. The van der Waals surface area contributed by atoms with Crippen molar-refractivity contribution in [1.82, 2.24) is 15.2 Å². The van der Waals surface area contributed by atoms with E-state index in [2.05, 4.69) is 28.5 Å². The van der Waals surface area contributed by atoms with E-state index in [-0.39, 0.29) is 17.6 Å². The van der Waals surface area contributed by atoms with Crippen LogP contribution < -0.4 is 10.1 Å². The number of benzene rings is 1. The molecule has 5 heteroatoms. The van der Waals surface area contributed by atoms with Gasteiger partial charge in [0.05, 0.1) is 5.69 Å². The SMILES string of the molecule is CC(=O)N1CCC2(CC1)C[C@H](NCc1ccccn1)c1ccccc1O2. The fourth-order valence-electron chi connectivity index (χ4n) is 4.07. The van der Waals surface area contributed by atoms with Crippen LogP contribution in [0.2, 0.25) is 0 Å². The van der Waals surface area contributed by atoms with Gasteiger partial charge in [0.15, 0.2) is 0 Å². The summed E-state index contributed by atoms with van der Waals surface area (Å²) in [5.74, 6) is 1.12. The van der Waals surface area contributed by atoms with Crippen molar-refractivity contribution in [1.29, 1.82) is 0 Å². The van der Waals surface area contributed by atoms with Crippen molar-refractivity contribution in [2.45, 2.75) is 44.4 Å². The van der Waals surface area contributed by atoms with E-state index in [1.807, 2.05) is 35.4 Å². The van der Waals surface area contributed by atoms with Crippen LogP contribution in [0.3, 0.4) is 0 Å². The highest BCUT2D eigenvalue weighted by Gasteiger charge is 2.43. The maximum Gasteiger partial charge on any atom is 0.219 e. The summed E-state index contributed by atoms with van der Waals surface area (Å²) in [6.07, 6.45) is 4.50. The van der Waals surface area contributed by atoms with Gasteiger partial charge in [-0.15, -0.1) is 0 Å². The van der Waals surface area contributed by atoms with Crippen LogP contribution in [0.1, 0.15) is 43.5 Å². The Morgan fingerprint density at radius 2 is 2.00 bits per heavy atom. The number of carbonyl (C=O) groups excluding carboxylic acids is 1. The minimum atomic E-state index is -0.192. The number of para-hydroxylation sites is 1. The van der Waals surface area contributed by atoms with Gasteiger partial charge in [-0.2, -0.15) is 0 Å². The summed E-state index contributed by atoms with van der Waals surface area (Å²) in [5, 5.41) is 3.68. The Morgan fingerprint density at radius 3 is 2.73 bits per heavy atom. The maximum atomic E-state index is 11.7. The summed E-state index contributed by atoms with van der Waals surface area (Å²) in [6.45, 7) is 3.91. The summed E-state index contributed by atoms with van der Waals surface area (Å²) in [6, 6.07) is 14.5. The van der Waals surface area contributed by atoms with Crippen LogP contribution >= 0.6 is 0 Å². The number of carbonyl (C=O) groups is 1. The molecule has 1 atom stereocenters. The highest BCUT2D eigenvalue weighted by Crippen LogP contribution is 2.44. The average molecular weight is 351 g/mol. The van der Waals surface area contributed by atoms with Crippen LogP contribution in [0, 0.1) is 0 Å². The molecule has 1 amide bonds. The molecule has 2 aliphatic heterocycles. The second-order valence-electron chi connectivity index (χ2n) is 7.29. The van der Waals surface area contributed by atoms with Gasteiger partial charge in [-0.3, -0.25) is 9.78 Å². The summed E-state index contributed by atoms with van der Waals surface area (Å²) >= 11 is 0. The predicted octanol–water partition coefficient (Wildman–Crippen LogP) is 3.08. The lowest BCUT2D eigenvalue weighted by Gasteiger charge is -2.47. The largest absolute Gasteiger partial charge is 0.487 e. The van der Waals surface area contributed by atoms with Crippen LogP contribution in [0.15, 0.2) is 48.7 Å². The number of ether oxygens (including phenoxy) is 1. The number of rotatable bonds is 3. The molecule has 2 aromatic rings. The monoisotopic (exact) mass is 351 g/mol. The molecular weight excluding hydrogens is 326 g/mol. The topological polar surface area (TPSA) is 54.5 Å². The van der Waals surface area contributed by atoms with Gasteiger partial charge in [0.1, 0.15) is 11.4 Å². The van der Waals surface area contributed by atoms with Gasteiger partial charge in [0.25, 0.3) is 0 Å². The number of hydrogen-bond donors (Lipinski definition) is 1. The van der Waals surface area contributed by atoms with Crippen LogP contribution in [0.25, 0.3) is 0 Å². The molecule has 3 heterocycles. The summed E-state index contributed by atoms with van der Waals surface area (Å²) in [5.41, 5.74) is 2.06. The minimum Gasteiger partial charge on any atom is -0.487 e. The lowest BCUT2D eigenvalue weighted by atomic mass is 9.80. The fourth-order valence-corrected chi connectivity index (χ4v) is 4.07. The molecule has 26 heavy (non-hydrogen) atoms. The molecule has 0 aliphatic carbocycles. The number of hydrogen-bond acceptors (Lipinski definition) is 4. The molecule has 0 bridgehead atoms. The molecule has 136 valence electrons. The van der Waals surface area contributed by atoms with Gasteiger partial charge in [0.2, 0.25) is 5.91 Å². The standard InChI is InChI=1S/C21H25N3O2/c1-16(25)24-12-9-21(10-13-24)14-19(18-7-2-3-8-20(18)26-21)23-15-17-6-4-5-11-22-17/h2-8,11,19,23H,9-10,12-15H2,1H3/t19-/m0/s1. The number of fused-ring (bicyclic) bond motifs is 1. The molecule has 0 radical (unpaired) electrons. The van der Waals surface area contributed by atoms with E-state index >= 15 is 0 Å². The van der Waals surface area contributed by atoms with Gasteiger partial charge in [-0.25, -0.2) is 0 Å². The molecule has 4 rings (SSSR count). The van der Waals surface area contributed by atoms with Crippen molar-refractivity contribution in [3.63, 3.8) is 0 Å². The van der Waals surface area contributed by atoms with Gasteiger partial charge in [-0.05, 0) is 18.2 Å². The van der Waals surface area contributed by atoms with E-state index < -0.39 is 0 Å². The second-order valence-corrected chi connectivity index (χ2v) is 7.29. The molecule has 0 saturated carbocycles. The number of likely N-dealkylation sites (tertiary alicyclic amines) is 1. The summed E-state index contributed by atoms with van der Waals surface area (Å²) < 4.78 is 6.48. The molecule has 1 fully saturated rings. The van der Waals surface area contributed by atoms with Gasteiger partial charge >= 0.3 is 0 Å². The number of piperidine rings is 1. The lowest BCUT2D eigenvalue weighted by Crippen LogP contribution is -2.52. The van der Waals surface area contributed by atoms with Crippen molar-refractivity contribution in [3.05, 3.63) is 59.9 Å². The Labute approximate surface area is 154 Å². The smallest absolute Gasteiger partial charge is 0.219 e. The molecule has 5 nitrogen and oxygen atoms in total. The average Bonchev–Trinajstić information content (AvgIpc) is 2.67. The zero-order valence-corrected chi connectivity index (χ0v) is 15.1. The molecule has 1 N–H and O–H groups in total. The molecule has 1 spiro atoms. The van der Waals surface area contributed by atoms with Gasteiger partial charge < -0.3 is 15.0 Å². The quantitative estimate of drug-likeness (QED) is 0.923. The third kappa shape index (κ3) is 3.44. The maximum absolute atomic E-state index is 11.7. The summed E-state index contributed by atoms with van der Waals surface area (Å²) in [7, 11) is 0. The zero-order valence-electron chi connectivity index (χ0n) is 15.1. The fraction of sp³-hybridized carbons (Fsp3) is 0.429. The van der Waals surface area contributed by atoms with E-state index in [1.165, 1.54) is 5.56 Å². The Hall–Kier alpha value is -2.40. The normalized spacial score (nSPS) is 21.1. The molecule has 1 aromatic carbocycles. The van der Waals surface area contributed by atoms with E-state index in [9.17, 15) is 4.79 Å². The number of amides is 1. The Bertz CT molecular complexity index is 770. The van der Waals surface area contributed by atoms with E-state index in [1.54, 1.807) is 6.92 Å². The first-order chi connectivity index (χ1) is 12.7. The van der Waals surface area contributed by atoms with E-state index in [0.29, 0.717) is 0 Å². The van der Waals surface area contributed by atoms with E-state index in [0.717, 1.165) is 50.3 Å². The van der Waals surface area contributed by atoms with Crippen LogP contribution in [-0.2, 0) is 11.3 Å². The molecule has 1 saturated heterocycles. The van der Waals surface area contributed by atoms with Crippen LogP contribution in [-0.4, -0.2) is 34.5 Å². The molecule has 0 unspecified atom stereocenters. The van der Waals surface area contributed by atoms with Crippen molar-refractivity contribution in [2.24, 2.45) is 0 Å². The number of nitrogens with zero attached hydrogens (tertiary/aromatic N) is 2. The third-order valence-electron chi connectivity index (χ3n) is 5.57. The van der Waals surface area contributed by atoms with E-state index in [4.69, 9.17) is 4.74 Å². The molecular formula is C21H25N3O2. The van der Waals surface area contributed by atoms with Crippen molar-refractivity contribution in [2.75, 3.05) is 13.1 Å². The summed E-state index contributed by atoms with van der Waals surface area (Å²) in [4.78, 5) is 18.0. The second kappa shape index (κ2) is 7.08. The van der Waals surface area contributed by atoms with Crippen molar-refractivity contribution >= 4 is 5.91 Å². The minimum absolute atomic E-state index is 0.154. The first kappa shape index (κ1) is 17.0. The zero-order chi connectivity index (χ0) is 18.0. The van der Waals surface area contributed by atoms with Crippen LogP contribution in [0.4, 0.5) is 0 Å². The van der Waals surface area contributed by atoms with Crippen LogP contribution in [0.5, 0.6) is 5.75 Å². The number of nitrogens with one attached hydrogen (secondary N) is 1. The number of aromatic nitrogens is 1. The Kier molecular flexibility index (Phi) is 4.64. The number of pyridine rings is 1. The Balaban J connectivity index is 1.53. The van der Waals surface area contributed by atoms with Crippen molar-refractivity contribution < 1.29 is 9.53 Å². The lowest BCUT2D eigenvalue weighted by molar-refractivity contribution is -0.133. The Morgan fingerprint density at radius 1 is 1.23 bits per heavy atom. The first-order valence-electron chi connectivity index (χ1n) is 9.32. The van der Waals surface area contributed by atoms with Gasteiger partial charge in [-0.1, -0.05) is 24.3 Å². The highest BCUT2D eigenvalue weighted by atomic mass is 16.5. The van der Waals surface area contributed by atoms with Gasteiger partial charge in [0, 0.05) is 63.6 Å². The predicted molar refractivity (Wildman–Crippen MR) is 99.7 cm³/mol. The van der Waals surface area contributed by atoms with Crippen molar-refractivity contribution in [3.8, 4) is 5.75 Å². The molecule has 2 aliphatic rings. The molecule has 1 aromatic heterocycles. The first-order valence-corrected chi connectivity index (χ1v) is 9.32. The highest BCUT2D eigenvalue weighted by molar-refractivity contribution is 5.73.